The molecule has 13 heavy (non-hydrogen) atoms. The zero-order chi connectivity index (χ0) is 9.26. The second-order valence-electron chi connectivity index (χ2n) is 2.86. The van der Waals surface area contributed by atoms with Gasteiger partial charge in [-0.3, -0.25) is 9.51 Å². The Kier molecular flexibility index (Phi) is 1.86. The van der Waals surface area contributed by atoms with Crippen LogP contribution in [0.2, 0.25) is 0 Å². The molecule has 0 bridgehead atoms. The van der Waals surface area contributed by atoms with Gasteiger partial charge in [0.05, 0.1) is 0 Å². The third-order valence-corrected chi connectivity index (χ3v) is 1.85. The van der Waals surface area contributed by atoms with E-state index < -0.39 is 5.76 Å². The highest BCUT2D eigenvalue weighted by atomic mass is 16.5. The third-order valence-electron chi connectivity index (χ3n) is 1.85. The summed E-state index contributed by atoms with van der Waals surface area (Å²) in [5, 5.41) is 3.56. The van der Waals surface area contributed by atoms with E-state index in [4.69, 9.17) is 5.73 Å². The molecule has 1 aromatic heterocycles. The minimum absolute atomic E-state index is 0.0578. The maximum atomic E-state index is 10.6. The molecule has 0 fully saturated rings. The molecule has 0 aliphatic heterocycles. The average molecular weight is 179 g/mol. The van der Waals surface area contributed by atoms with Crippen LogP contribution in [0.4, 0.5) is 0 Å². The summed E-state index contributed by atoms with van der Waals surface area (Å²) in [5.41, 5.74) is 6.47. The van der Waals surface area contributed by atoms with Gasteiger partial charge in [0, 0.05) is 11.6 Å². The summed E-state index contributed by atoms with van der Waals surface area (Å²) in [5.74, 6) is -0.0904. The van der Waals surface area contributed by atoms with Crippen molar-refractivity contribution in [1.29, 1.82) is 0 Å². The van der Waals surface area contributed by atoms with E-state index in [9.17, 15) is 4.79 Å². The maximum absolute atomic E-state index is 10.6. The summed E-state index contributed by atoms with van der Waals surface area (Å²) in [4.78, 5) is 13.1. The van der Waals surface area contributed by atoms with Gasteiger partial charge in [-0.15, -0.1) is 0 Å². The van der Waals surface area contributed by atoms with Gasteiger partial charge in [0.1, 0.15) is 0 Å². The Balaban J connectivity index is 2.29. The van der Waals surface area contributed by atoms with E-state index in [1.807, 2.05) is 18.2 Å². The Bertz CT molecular complexity index is 413. The number of rotatable bonds is 1. The van der Waals surface area contributed by atoms with E-state index in [0.717, 1.165) is 12.0 Å². The predicted octanol–water partition coefficient (Wildman–Crippen LogP) is 0.0335. The highest BCUT2D eigenvalue weighted by Gasteiger charge is 2.09. The van der Waals surface area contributed by atoms with Gasteiger partial charge in [0.25, 0.3) is 0 Å². The molecule has 2 rings (SSSR count). The molecule has 0 amide bonds. The minimum atomic E-state index is -0.542. The Hall–Kier alpha value is -1.62. The van der Waals surface area contributed by atoms with E-state index in [1.54, 1.807) is 0 Å². The van der Waals surface area contributed by atoms with Crippen molar-refractivity contribution in [3.8, 4) is 0 Å². The molecule has 3 N–H and O–H groups in total. The largest absolute Gasteiger partial charge is 0.439 e. The van der Waals surface area contributed by atoms with Crippen LogP contribution in [0.1, 0.15) is 12.2 Å². The number of allylic oxidation sites excluding steroid dienone is 2. The van der Waals surface area contributed by atoms with Crippen LogP contribution in [0, 0.1) is 0 Å². The predicted molar refractivity (Wildman–Crippen MR) is 46.8 cm³/mol. The van der Waals surface area contributed by atoms with E-state index in [1.165, 1.54) is 0 Å². The Morgan fingerprint density at radius 2 is 2.54 bits per heavy atom. The van der Waals surface area contributed by atoms with Gasteiger partial charge >= 0.3 is 5.76 Å². The second-order valence-corrected chi connectivity index (χ2v) is 2.86. The molecule has 1 aromatic rings. The molecule has 0 saturated heterocycles. The third kappa shape index (κ3) is 1.59. The lowest BCUT2D eigenvalue weighted by atomic mass is 10.0. The van der Waals surface area contributed by atoms with Gasteiger partial charge < -0.3 is 5.73 Å². The second kappa shape index (κ2) is 3.02. The number of hydrogen-bond acceptors (Lipinski definition) is 4. The van der Waals surface area contributed by atoms with Gasteiger partial charge in [-0.25, -0.2) is 4.79 Å². The van der Waals surface area contributed by atoms with Crippen LogP contribution in [0.15, 0.2) is 27.5 Å². The lowest BCUT2D eigenvalue weighted by Gasteiger charge is -2.08. The fourth-order valence-electron chi connectivity index (χ4n) is 1.17. The first-order valence-electron chi connectivity index (χ1n) is 3.96. The first-order valence-corrected chi connectivity index (χ1v) is 3.96. The number of H-pyrrole nitrogens is 1. The molecule has 5 heteroatoms. The molecule has 0 spiro atoms. The molecule has 1 aliphatic carbocycles. The van der Waals surface area contributed by atoms with E-state index in [-0.39, 0.29) is 6.04 Å². The molecule has 5 nitrogen and oxygen atoms in total. The average Bonchev–Trinajstić information content (AvgIpc) is 2.53. The minimum Gasteiger partial charge on any atom is -0.324 e. The Morgan fingerprint density at radius 3 is 3.08 bits per heavy atom. The van der Waals surface area contributed by atoms with Crippen molar-refractivity contribution in [1.82, 2.24) is 10.1 Å². The van der Waals surface area contributed by atoms with Gasteiger partial charge in [-0.2, -0.15) is 0 Å². The van der Waals surface area contributed by atoms with Gasteiger partial charge in [-0.1, -0.05) is 23.4 Å². The summed E-state index contributed by atoms with van der Waals surface area (Å²) in [6.45, 7) is 0. The number of nitrogens with zero attached hydrogens (tertiary/aromatic N) is 1. The van der Waals surface area contributed by atoms with Crippen molar-refractivity contribution in [3.05, 3.63) is 34.6 Å². The van der Waals surface area contributed by atoms with E-state index in [0.29, 0.717) is 5.82 Å². The molecule has 0 aromatic carbocycles. The summed E-state index contributed by atoms with van der Waals surface area (Å²) < 4.78 is 4.38. The smallest absolute Gasteiger partial charge is 0.324 e. The van der Waals surface area contributed by atoms with Crippen LogP contribution in [0.5, 0.6) is 0 Å². The zero-order valence-electron chi connectivity index (χ0n) is 6.86. The molecule has 0 radical (unpaired) electrons. The van der Waals surface area contributed by atoms with Gasteiger partial charge in [0.2, 0.25) is 0 Å². The lowest BCUT2D eigenvalue weighted by Crippen LogP contribution is -2.17. The zero-order valence-corrected chi connectivity index (χ0v) is 6.86. The number of hydrogen-bond donors (Lipinski definition) is 2. The molecule has 1 atom stereocenters. The summed E-state index contributed by atoms with van der Waals surface area (Å²) in [7, 11) is 0. The SMILES string of the molecule is NC1C=CC(c2noc(=O)[nH]2)=CC1. The topological polar surface area (TPSA) is 84.9 Å². The van der Waals surface area contributed by atoms with Crippen molar-refractivity contribution in [2.45, 2.75) is 12.5 Å². The fraction of sp³-hybridized carbons (Fsp3) is 0.250. The van der Waals surface area contributed by atoms with Crippen LogP contribution in [0.3, 0.4) is 0 Å². The molecule has 1 aliphatic rings. The van der Waals surface area contributed by atoms with Crippen molar-refractivity contribution < 1.29 is 4.52 Å². The summed E-state index contributed by atoms with van der Waals surface area (Å²) in [6.07, 6.45) is 6.35. The van der Waals surface area contributed by atoms with E-state index in [2.05, 4.69) is 14.7 Å². The van der Waals surface area contributed by atoms with Crippen LogP contribution in [-0.4, -0.2) is 16.2 Å². The van der Waals surface area contributed by atoms with Gasteiger partial charge in [-0.05, 0) is 6.42 Å². The van der Waals surface area contributed by atoms with Crippen LogP contribution < -0.4 is 11.5 Å². The van der Waals surface area contributed by atoms with Crippen LogP contribution >= 0.6 is 0 Å². The standard InChI is InChI=1S/C8H9N3O2/c9-6-3-1-5(2-4-6)7-10-8(12)13-11-7/h1-3,6H,4,9H2,(H,10,11,12). The molecule has 1 unspecified atom stereocenters. The maximum Gasteiger partial charge on any atom is 0.439 e. The molecular weight excluding hydrogens is 170 g/mol. The molecule has 68 valence electrons. The summed E-state index contributed by atoms with van der Waals surface area (Å²) in [6, 6.07) is 0.0578. The quantitative estimate of drug-likeness (QED) is 0.637. The molecular formula is C8H9N3O2. The highest BCUT2D eigenvalue weighted by molar-refractivity contribution is 5.70. The first kappa shape index (κ1) is 8.00. The van der Waals surface area contributed by atoms with Crippen LogP contribution in [0.25, 0.3) is 5.57 Å². The first-order chi connectivity index (χ1) is 6.25. The summed E-state index contributed by atoms with van der Waals surface area (Å²) >= 11 is 0. The molecule has 1 heterocycles. The Morgan fingerprint density at radius 1 is 1.69 bits per heavy atom. The fourth-order valence-corrected chi connectivity index (χ4v) is 1.17. The van der Waals surface area contributed by atoms with Crippen LogP contribution in [-0.2, 0) is 0 Å². The number of nitrogens with two attached hydrogens (primary N) is 1. The van der Waals surface area contributed by atoms with Crippen molar-refractivity contribution in [2.75, 3.05) is 0 Å². The number of aromatic amines is 1. The van der Waals surface area contributed by atoms with Gasteiger partial charge in [0.15, 0.2) is 5.82 Å². The van der Waals surface area contributed by atoms with Crippen molar-refractivity contribution >= 4 is 5.57 Å². The van der Waals surface area contributed by atoms with Crippen molar-refractivity contribution in [2.24, 2.45) is 5.73 Å². The highest BCUT2D eigenvalue weighted by Crippen LogP contribution is 2.16. The van der Waals surface area contributed by atoms with Crippen molar-refractivity contribution in [3.63, 3.8) is 0 Å². The monoisotopic (exact) mass is 179 g/mol. The normalized spacial score (nSPS) is 21.6. The number of aromatic nitrogens is 2. The lowest BCUT2D eigenvalue weighted by molar-refractivity contribution is 0.385. The Labute approximate surface area is 73.9 Å². The molecule has 0 saturated carbocycles. The number of nitrogens with one attached hydrogen (secondary N) is 1. The van der Waals surface area contributed by atoms with E-state index >= 15 is 0 Å².